The van der Waals surface area contributed by atoms with E-state index in [9.17, 15) is 14.0 Å². The van der Waals surface area contributed by atoms with Crippen LogP contribution in [0.1, 0.15) is 57.1 Å². The molecule has 0 radical (unpaired) electrons. The van der Waals surface area contributed by atoms with Gasteiger partial charge in [0.05, 0.1) is 12.6 Å². The molecule has 2 saturated carbocycles. The summed E-state index contributed by atoms with van der Waals surface area (Å²) in [4.78, 5) is 25.4. The highest BCUT2D eigenvalue weighted by Crippen LogP contribution is 2.36. The SMILES string of the molecule is CCN(CC(=O)O)C1CC(NC(=O)NC(c2ccc(F)cc2)C2CCCC2)C1. The second kappa shape index (κ2) is 9.37. The van der Waals surface area contributed by atoms with E-state index in [1.807, 2.05) is 11.8 Å². The molecule has 2 aliphatic rings. The molecule has 0 saturated heterocycles. The first-order chi connectivity index (χ1) is 13.5. The number of nitrogens with zero attached hydrogens (tertiary/aromatic N) is 1. The molecule has 0 bridgehead atoms. The number of amides is 2. The van der Waals surface area contributed by atoms with Crippen LogP contribution < -0.4 is 10.6 Å². The number of carbonyl (C=O) groups excluding carboxylic acids is 1. The number of rotatable bonds is 8. The van der Waals surface area contributed by atoms with E-state index in [4.69, 9.17) is 5.11 Å². The maximum Gasteiger partial charge on any atom is 0.317 e. The second-order valence-electron chi connectivity index (χ2n) is 7.97. The van der Waals surface area contributed by atoms with E-state index in [0.717, 1.165) is 44.1 Å². The summed E-state index contributed by atoms with van der Waals surface area (Å²) in [6.07, 6.45) is 5.97. The average molecular weight is 391 g/mol. The summed E-state index contributed by atoms with van der Waals surface area (Å²) in [6, 6.07) is 6.33. The molecule has 1 atom stereocenters. The second-order valence-corrected chi connectivity index (χ2v) is 7.97. The van der Waals surface area contributed by atoms with Crippen molar-refractivity contribution >= 4 is 12.0 Å². The van der Waals surface area contributed by atoms with Crippen molar-refractivity contribution in [2.45, 2.75) is 63.6 Å². The summed E-state index contributed by atoms with van der Waals surface area (Å²) >= 11 is 0. The van der Waals surface area contributed by atoms with Crippen LogP contribution in [0.5, 0.6) is 0 Å². The van der Waals surface area contributed by atoms with Gasteiger partial charge in [-0.1, -0.05) is 31.9 Å². The number of carboxylic acid groups (broad SMARTS) is 1. The van der Waals surface area contributed by atoms with E-state index in [1.54, 1.807) is 12.1 Å². The van der Waals surface area contributed by atoms with Crippen molar-refractivity contribution < 1.29 is 19.1 Å². The summed E-state index contributed by atoms with van der Waals surface area (Å²) in [5.74, 6) is -0.730. The van der Waals surface area contributed by atoms with Crippen LogP contribution in [0.15, 0.2) is 24.3 Å². The van der Waals surface area contributed by atoms with Crippen molar-refractivity contribution in [1.29, 1.82) is 0 Å². The van der Waals surface area contributed by atoms with E-state index in [0.29, 0.717) is 12.5 Å². The van der Waals surface area contributed by atoms with Gasteiger partial charge in [0.1, 0.15) is 5.82 Å². The highest BCUT2D eigenvalue weighted by molar-refractivity contribution is 5.75. The number of benzene rings is 1. The molecule has 1 aromatic carbocycles. The number of carboxylic acids is 1. The number of hydrogen-bond acceptors (Lipinski definition) is 3. The Bertz CT molecular complexity index is 670. The zero-order chi connectivity index (χ0) is 20.1. The van der Waals surface area contributed by atoms with Gasteiger partial charge in [-0.05, 0) is 55.8 Å². The third-order valence-corrected chi connectivity index (χ3v) is 6.10. The molecule has 0 heterocycles. The topological polar surface area (TPSA) is 81.7 Å². The Hall–Kier alpha value is -2.15. The van der Waals surface area contributed by atoms with Crippen LogP contribution in [0.2, 0.25) is 0 Å². The molecule has 0 spiro atoms. The largest absolute Gasteiger partial charge is 0.480 e. The van der Waals surface area contributed by atoms with Crippen molar-refractivity contribution in [2.75, 3.05) is 13.1 Å². The van der Waals surface area contributed by atoms with Crippen molar-refractivity contribution in [2.24, 2.45) is 5.92 Å². The van der Waals surface area contributed by atoms with Gasteiger partial charge in [-0.3, -0.25) is 9.69 Å². The van der Waals surface area contributed by atoms with E-state index in [1.165, 1.54) is 12.1 Å². The molecule has 0 aliphatic heterocycles. The summed E-state index contributed by atoms with van der Waals surface area (Å²) in [7, 11) is 0. The highest BCUT2D eigenvalue weighted by atomic mass is 19.1. The van der Waals surface area contributed by atoms with E-state index in [2.05, 4.69) is 10.6 Å². The van der Waals surface area contributed by atoms with E-state index in [-0.39, 0.29) is 36.5 Å². The molecule has 1 unspecified atom stereocenters. The number of likely N-dealkylation sites (N-methyl/N-ethyl adjacent to an activating group) is 1. The number of hydrogen-bond donors (Lipinski definition) is 3. The Labute approximate surface area is 165 Å². The maximum atomic E-state index is 13.3. The van der Waals surface area contributed by atoms with Crippen LogP contribution in [-0.4, -0.2) is 47.2 Å². The smallest absolute Gasteiger partial charge is 0.317 e. The lowest BCUT2D eigenvalue weighted by Crippen LogP contribution is -2.56. The van der Waals surface area contributed by atoms with Gasteiger partial charge in [0.15, 0.2) is 0 Å². The Balaban J connectivity index is 1.53. The first-order valence-corrected chi connectivity index (χ1v) is 10.2. The lowest BCUT2D eigenvalue weighted by Gasteiger charge is -2.42. The number of carbonyl (C=O) groups is 2. The minimum absolute atomic E-state index is 0.0361. The quantitative estimate of drug-likeness (QED) is 0.635. The first kappa shape index (κ1) is 20.6. The van der Waals surface area contributed by atoms with E-state index < -0.39 is 5.97 Å². The molecule has 7 heteroatoms. The van der Waals surface area contributed by atoms with Crippen molar-refractivity contribution in [3.8, 4) is 0 Å². The van der Waals surface area contributed by atoms with Crippen LogP contribution in [0.25, 0.3) is 0 Å². The zero-order valence-corrected chi connectivity index (χ0v) is 16.4. The molecule has 154 valence electrons. The number of urea groups is 1. The van der Waals surface area contributed by atoms with Crippen molar-refractivity contribution in [3.05, 3.63) is 35.6 Å². The van der Waals surface area contributed by atoms with Crippen molar-refractivity contribution in [1.82, 2.24) is 15.5 Å². The molecule has 3 rings (SSSR count). The van der Waals surface area contributed by atoms with Gasteiger partial charge >= 0.3 is 12.0 Å². The molecule has 2 aliphatic carbocycles. The molecule has 28 heavy (non-hydrogen) atoms. The monoisotopic (exact) mass is 391 g/mol. The maximum absolute atomic E-state index is 13.3. The summed E-state index contributed by atoms with van der Waals surface area (Å²) in [5.41, 5.74) is 0.938. The molecular formula is C21H30FN3O3. The van der Waals surface area contributed by atoms with E-state index >= 15 is 0 Å². The fourth-order valence-electron chi connectivity index (χ4n) is 4.48. The Morgan fingerprint density at radius 1 is 1.21 bits per heavy atom. The number of aliphatic carboxylic acids is 1. The number of halogens is 1. The fraction of sp³-hybridized carbons (Fsp3) is 0.619. The lowest BCUT2D eigenvalue weighted by molar-refractivity contribution is -0.139. The highest BCUT2D eigenvalue weighted by Gasteiger charge is 2.35. The lowest BCUT2D eigenvalue weighted by atomic mass is 9.85. The molecule has 2 fully saturated rings. The van der Waals surface area contributed by atoms with Gasteiger partial charge in [-0.2, -0.15) is 0 Å². The summed E-state index contributed by atoms with van der Waals surface area (Å²) in [5, 5.41) is 15.1. The minimum atomic E-state index is -0.824. The third kappa shape index (κ3) is 5.22. The molecule has 1 aromatic rings. The van der Waals surface area contributed by atoms with Crippen LogP contribution in [0.3, 0.4) is 0 Å². The predicted octanol–water partition coefficient (Wildman–Crippen LogP) is 3.29. The average Bonchev–Trinajstić information content (AvgIpc) is 3.16. The van der Waals surface area contributed by atoms with Crippen LogP contribution in [0, 0.1) is 11.7 Å². The summed E-state index contributed by atoms with van der Waals surface area (Å²) < 4.78 is 13.3. The van der Waals surface area contributed by atoms with Crippen LogP contribution in [0.4, 0.5) is 9.18 Å². The van der Waals surface area contributed by atoms with Gasteiger partial charge in [-0.25, -0.2) is 9.18 Å². The summed E-state index contributed by atoms with van der Waals surface area (Å²) in [6.45, 7) is 2.67. The molecule has 6 nitrogen and oxygen atoms in total. The third-order valence-electron chi connectivity index (χ3n) is 6.10. The normalized spacial score (nSPS) is 23.2. The van der Waals surface area contributed by atoms with Crippen LogP contribution in [-0.2, 0) is 4.79 Å². The van der Waals surface area contributed by atoms with Gasteiger partial charge in [0.2, 0.25) is 0 Å². The van der Waals surface area contributed by atoms with Crippen LogP contribution >= 0.6 is 0 Å². The van der Waals surface area contributed by atoms with Crippen molar-refractivity contribution in [3.63, 3.8) is 0 Å². The fourth-order valence-corrected chi connectivity index (χ4v) is 4.48. The Morgan fingerprint density at radius 2 is 1.86 bits per heavy atom. The predicted molar refractivity (Wildman–Crippen MR) is 104 cm³/mol. The Kier molecular flexibility index (Phi) is 6.88. The molecule has 2 amide bonds. The molecular weight excluding hydrogens is 361 g/mol. The van der Waals surface area contributed by atoms with Gasteiger partial charge < -0.3 is 15.7 Å². The van der Waals surface area contributed by atoms with Gasteiger partial charge in [0.25, 0.3) is 0 Å². The zero-order valence-electron chi connectivity index (χ0n) is 16.4. The van der Waals surface area contributed by atoms with Gasteiger partial charge in [0, 0.05) is 12.1 Å². The van der Waals surface area contributed by atoms with Gasteiger partial charge in [-0.15, -0.1) is 0 Å². The minimum Gasteiger partial charge on any atom is -0.480 e. The first-order valence-electron chi connectivity index (χ1n) is 10.2. The molecule has 0 aromatic heterocycles. The Morgan fingerprint density at radius 3 is 2.43 bits per heavy atom. The number of nitrogens with one attached hydrogen (secondary N) is 2. The standard InChI is InChI=1S/C21H30FN3O3/c1-2-25(13-19(26)27)18-11-17(12-18)23-21(28)24-20(14-5-3-4-6-14)15-7-9-16(22)10-8-15/h7-10,14,17-18,20H,2-6,11-13H2,1H3,(H,26,27)(H2,23,24,28). The molecule has 3 N–H and O–H groups in total.